The first kappa shape index (κ1) is 23.1. The van der Waals surface area contributed by atoms with E-state index in [0.717, 1.165) is 43.5 Å². The lowest BCUT2D eigenvalue weighted by Gasteiger charge is -2.52. The normalized spacial score (nSPS) is 26.7. The summed E-state index contributed by atoms with van der Waals surface area (Å²) in [5, 5.41) is 24.1. The van der Waals surface area contributed by atoms with E-state index in [2.05, 4.69) is 40.8 Å². The van der Waals surface area contributed by atoms with Gasteiger partial charge in [-0.1, -0.05) is 24.2 Å². The molecule has 4 heterocycles. The number of morpholine rings is 1. The Kier molecular flexibility index (Phi) is 6.55. The molecule has 0 bridgehead atoms. The van der Waals surface area contributed by atoms with Crippen molar-refractivity contribution >= 4 is 33.3 Å². The molecule has 1 amide bonds. The molecule has 1 spiro atoms. The van der Waals surface area contributed by atoms with E-state index in [-0.39, 0.29) is 18.1 Å². The number of amides is 1. The molecule has 35 heavy (non-hydrogen) atoms. The number of carbonyl (C=O) groups is 1. The van der Waals surface area contributed by atoms with Crippen LogP contribution in [0.15, 0.2) is 18.3 Å². The Morgan fingerprint density at radius 2 is 2.00 bits per heavy atom. The van der Waals surface area contributed by atoms with E-state index >= 15 is 0 Å². The van der Waals surface area contributed by atoms with Crippen LogP contribution in [0, 0.1) is 5.41 Å². The minimum atomic E-state index is -0.0601. The van der Waals surface area contributed by atoms with Gasteiger partial charge >= 0.3 is 0 Å². The van der Waals surface area contributed by atoms with Gasteiger partial charge in [-0.15, -0.1) is 15.3 Å². The quantitative estimate of drug-likeness (QED) is 0.596. The molecule has 4 fully saturated rings. The maximum absolute atomic E-state index is 12.7. The van der Waals surface area contributed by atoms with Crippen molar-refractivity contribution in [3.05, 3.63) is 18.3 Å². The molecule has 2 saturated carbocycles. The highest BCUT2D eigenvalue weighted by atomic mass is 32.1. The van der Waals surface area contributed by atoms with Crippen LogP contribution in [0.4, 0.5) is 16.1 Å². The molecule has 0 unspecified atom stereocenters. The second kappa shape index (κ2) is 9.94. The van der Waals surface area contributed by atoms with Gasteiger partial charge in [0.2, 0.25) is 16.2 Å². The standard InChI is InChI=1S/C24H34N8O2S/c33-21(12-19-16-31(10-11-34-19)18-13-24(14-18)6-1-2-7-24)27-23-30-29-22(35-23)26-17-5-9-32(15-17)20-4-3-8-25-28-20/h3-4,8,17-19H,1-2,5-7,9-16H2,(H,26,29)(H,27,30,33)/t17-,19+/m1/s1. The van der Waals surface area contributed by atoms with Gasteiger partial charge in [-0.25, -0.2) is 0 Å². The predicted molar refractivity (Wildman–Crippen MR) is 135 cm³/mol. The number of anilines is 3. The third-order valence-electron chi connectivity index (χ3n) is 8.17. The van der Waals surface area contributed by atoms with Crippen molar-refractivity contribution in [1.82, 2.24) is 25.3 Å². The fourth-order valence-corrected chi connectivity index (χ4v) is 7.10. The topological polar surface area (TPSA) is 108 Å². The Morgan fingerprint density at radius 3 is 2.83 bits per heavy atom. The van der Waals surface area contributed by atoms with E-state index in [1.54, 1.807) is 6.20 Å². The van der Waals surface area contributed by atoms with Crippen LogP contribution < -0.4 is 15.5 Å². The van der Waals surface area contributed by atoms with Gasteiger partial charge in [-0.2, -0.15) is 5.10 Å². The first-order valence-electron chi connectivity index (χ1n) is 12.9. The second-order valence-corrected chi connectivity index (χ2v) is 11.6. The van der Waals surface area contributed by atoms with Gasteiger partial charge in [0.05, 0.1) is 19.1 Å². The highest BCUT2D eigenvalue weighted by Gasteiger charge is 2.48. The summed E-state index contributed by atoms with van der Waals surface area (Å²) in [4.78, 5) is 17.5. The Labute approximate surface area is 209 Å². The summed E-state index contributed by atoms with van der Waals surface area (Å²) < 4.78 is 5.93. The predicted octanol–water partition coefficient (Wildman–Crippen LogP) is 2.77. The van der Waals surface area contributed by atoms with Gasteiger partial charge in [0.15, 0.2) is 5.82 Å². The Bertz CT molecular complexity index is 1010. The highest BCUT2D eigenvalue weighted by Crippen LogP contribution is 2.54. The summed E-state index contributed by atoms with van der Waals surface area (Å²) >= 11 is 1.37. The minimum absolute atomic E-state index is 0.0556. The number of rotatable bonds is 7. The molecule has 2 saturated heterocycles. The van der Waals surface area contributed by atoms with Crippen LogP contribution in [0.2, 0.25) is 0 Å². The zero-order chi connectivity index (χ0) is 23.7. The maximum Gasteiger partial charge on any atom is 0.228 e. The second-order valence-electron chi connectivity index (χ2n) is 10.6. The number of carbonyl (C=O) groups excluding carboxylic acids is 1. The van der Waals surface area contributed by atoms with Gasteiger partial charge in [0, 0.05) is 44.5 Å². The molecule has 2 aromatic heterocycles. The number of nitrogens with zero attached hydrogens (tertiary/aromatic N) is 6. The van der Waals surface area contributed by atoms with Crippen LogP contribution >= 0.6 is 11.3 Å². The zero-order valence-electron chi connectivity index (χ0n) is 20.1. The van der Waals surface area contributed by atoms with Crippen LogP contribution in [0.1, 0.15) is 51.4 Å². The van der Waals surface area contributed by atoms with Crippen LogP contribution in [0.5, 0.6) is 0 Å². The molecule has 10 nitrogen and oxygen atoms in total. The van der Waals surface area contributed by atoms with E-state index in [1.807, 2.05) is 12.1 Å². The van der Waals surface area contributed by atoms with E-state index in [1.165, 1.54) is 49.9 Å². The summed E-state index contributed by atoms with van der Waals surface area (Å²) in [5.74, 6) is 0.830. The van der Waals surface area contributed by atoms with Gasteiger partial charge < -0.3 is 20.3 Å². The Balaban J connectivity index is 0.948. The average Bonchev–Trinajstić information content (AvgIpc) is 3.61. The summed E-state index contributed by atoms with van der Waals surface area (Å²) in [5.41, 5.74) is 0.645. The molecule has 2 aromatic rings. The third-order valence-corrected chi connectivity index (χ3v) is 8.94. The van der Waals surface area contributed by atoms with Gasteiger partial charge in [0.25, 0.3) is 0 Å². The van der Waals surface area contributed by atoms with Gasteiger partial charge in [-0.05, 0) is 49.7 Å². The molecular weight excluding hydrogens is 464 g/mol. The van der Waals surface area contributed by atoms with E-state index in [9.17, 15) is 4.79 Å². The van der Waals surface area contributed by atoms with Crippen molar-refractivity contribution in [2.45, 2.75) is 69.6 Å². The number of ether oxygens (including phenoxy) is 1. The van der Waals surface area contributed by atoms with E-state index in [4.69, 9.17) is 4.74 Å². The van der Waals surface area contributed by atoms with Crippen molar-refractivity contribution in [2.75, 3.05) is 48.3 Å². The lowest BCUT2D eigenvalue weighted by Crippen LogP contribution is -2.55. The number of nitrogens with one attached hydrogen (secondary N) is 2. The zero-order valence-corrected chi connectivity index (χ0v) is 20.9. The smallest absolute Gasteiger partial charge is 0.228 e. The summed E-state index contributed by atoms with van der Waals surface area (Å²) in [7, 11) is 0. The fourth-order valence-electron chi connectivity index (χ4n) is 6.36. The van der Waals surface area contributed by atoms with Gasteiger partial charge in [0.1, 0.15) is 0 Å². The van der Waals surface area contributed by atoms with Crippen LogP contribution in [0.25, 0.3) is 0 Å². The molecule has 2 aliphatic heterocycles. The van der Waals surface area contributed by atoms with Gasteiger partial charge in [-0.3, -0.25) is 9.69 Å². The number of hydrogen-bond acceptors (Lipinski definition) is 10. The molecule has 188 valence electrons. The largest absolute Gasteiger partial charge is 0.375 e. The highest BCUT2D eigenvalue weighted by molar-refractivity contribution is 7.19. The number of hydrogen-bond donors (Lipinski definition) is 2. The van der Waals surface area contributed by atoms with E-state index < -0.39 is 0 Å². The van der Waals surface area contributed by atoms with Crippen molar-refractivity contribution in [2.24, 2.45) is 5.41 Å². The average molecular weight is 499 g/mol. The van der Waals surface area contributed by atoms with Crippen molar-refractivity contribution in [3.63, 3.8) is 0 Å². The molecule has 0 aromatic carbocycles. The Hall–Kier alpha value is -2.37. The molecule has 0 radical (unpaired) electrons. The molecular formula is C24H34N8O2S. The first-order chi connectivity index (χ1) is 17.1. The first-order valence-corrected chi connectivity index (χ1v) is 13.7. The molecule has 4 aliphatic rings. The maximum atomic E-state index is 12.7. The molecule has 2 N–H and O–H groups in total. The lowest BCUT2D eigenvalue weighted by atomic mass is 9.64. The number of aromatic nitrogens is 4. The van der Waals surface area contributed by atoms with E-state index in [0.29, 0.717) is 29.6 Å². The minimum Gasteiger partial charge on any atom is -0.375 e. The van der Waals surface area contributed by atoms with Crippen LogP contribution in [0.3, 0.4) is 0 Å². The summed E-state index contributed by atoms with van der Waals surface area (Å²) in [6, 6.07) is 4.81. The summed E-state index contributed by atoms with van der Waals surface area (Å²) in [6.45, 7) is 4.29. The Morgan fingerprint density at radius 1 is 1.14 bits per heavy atom. The van der Waals surface area contributed by atoms with Crippen molar-refractivity contribution in [3.8, 4) is 0 Å². The SMILES string of the molecule is O=C(C[C@H]1CN(C2CC3(CCCC3)C2)CCO1)Nc1nnc(N[C@@H]2CCN(c3cccnn3)C2)s1. The third kappa shape index (κ3) is 5.26. The summed E-state index contributed by atoms with van der Waals surface area (Å²) in [6.07, 6.45) is 11.3. The lowest BCUT2D eigenvalue weighted by molar-refractivity contribution is -0.124. The monoisotopic (exact) mass is 498 g/mol. The van der Waals surface area contributed by atoms with Crippen molar-refractivity contribution in [1.29, 1.82) is 0 Å². The van der Waals surface area contributed by atoms with Crippen molar-refractivity contribution < 1.29 is 9.53 Å². The van der Waals surface area contributed by atoms with Crippen LogP contribution in [-0.2, 0) is 9.53 Å². The van der Waals surface area contributed by atoms with Crippen LogP contribution in [-0.4, -0.2) is 82.2 Å². The molecule has 6 rings (SSSR count). The molecule has 11 heteroatoms. The molecule has 2 atom stereocenters. The fraction of sp³-hybridized carbons (Fsp3) is 0.708. The molecule has 2 aliphatic carbocycles.